The van der Waals surface area contributed by atoms with Gasteiger partial charge in [0, 0.05) is 18.3 Å². The second kappa shape index (κ2) is 8.25. The molecule has 28 heavy (non-hydrogen) atoms. The van der Waals surface area contributed by atoms with Gasteiger partial charge in [0.25, 0.3) is 5.91 Å². The summed E-state index contributed by atoms with van der Waals surface area (Å²) in [4.78, 5) is 12.2. The van der Waals surface area contributed by atoms with E-state index in [9.17, 15) is 9.90 Å². The molecule has 0 saturated carbocycles. The number of carbonyl (C=O) groups excluding carboxylic acids is 1. The number of benzene rings is 1. The molecule has 0 bridgehead atoms. The van der Waals surface area contributed by atoms with E-state index in [0.717, 1.165) is 11.3 Å². The first-order chi connectivity index (χ1) is 13.4. The lowest BCUT2D eigenvalue weighted by molar-refractivity contribution is 0.0943. The molecule has 1 unspecified atom stereocenters. The van der Waals surface area contributed by atoms with Crippen LogP contribution in [0.25, 0.3) is 11.3 Å². The van der Waals surface area contributed by atoms with E-state index in [0.29, 0.717) is 22.8 Å². The van der Waals surface area contributed by atoms with E-state index >= 15 is 0 Å². The summed E-state index contributed by atoms with van der Waals surface area (Å²) in [5.41, 5.74) is 2.65. The number of halogens is 1. The van der Waals surface area contributed by atoms with E-state index in [4.69, 9.17) is 16.9 Å². The lowest BCUT2D eigenvalue weighted by atomic mass is 10.1. The molecule has 3 aromatic rings. The number of carbonyl (C=O) groups is 1. The minimum Gasteiger partial charge on any atom is -0.387 e. The Kier molecular flexibility index (Phi) is 5.78. The molecule has 2 aromatic heterocycles. The Bertz CT molecular complexity index is 1030. The SMILES string of the molecule is CC(CNC(=O)c1cc([C@@H](C)O)n[nH]1)n1ccc(-c2ccc(C#N)c(Cl)c2)n1. The lowest BCUT2D eigenvalue weighted by Crippen LogP contribution is -2.30. The van der Waals surface area contributed by atoms with Crippen molar-refractivity contribution in [1.82, 2.24) is 25.3 Å². The fourth-order valence-electron chi connectivity index (χ4n) is 2.60. The lowest BCUT2D eigenvalue weighted by Gasteiger charge is -2.13. The second-order valence-corrected chi connectivity index (χ2v) is 6.84. The Labute approximate surface area is 166 Å². The highest BCUT2D eigenvalue weighted by Crippen LogP contribution is 2.24. The van der Waals surface area contributed by atoms with Crippen LogP contribution in [-0.2, 0) is 0 Å². The van der Waals surface area contributed by atoms with Gasteiger partial charge in [-0.05, 0) is 38.1 Å². The van der Waals surface area contributed by atoms with Crippen LogP contribution in [0.4, 0.5) is 0 Å². The van der Waals surface area contributed by atoms with E-state index in [1.807, 2.05) is 25.3 Å². The molecule has 0 radical (unpaired) electrons. The maximum Gasteiger partial charge on any atom is 0.269 e. The van der Waals surface area contributed by atoms with Gasteiger partial charge in [-0.3, -0.25) is 14.6 Å². The molecule has 0 aliphatic rings. The van der Waals surface area contributed by atoms with Crippen LogP contribution in [0.15, 0.2) is 36.5 Å². The summed E-state index contributed by atoms with van der Waals surface area (Å²) < 4.78 is 1.75. The van der Waals surface area contributed by atoms with E-state index in [1.54, 1.807) is 29.8 Å². The summed E-state index contributed by atoms with van der Waals surface area (Å²) in [5.74, 6) is -0.308. The van der Waals surface area contributed by atoms with Crippen molar-refractivity contribution in [2.24, 2.45) is 0 Å². The molecule has 0 fully saturated rings. The van der Waals surface area contributed by atoms with E-state index in [1.165, 1.54) is 6.07 Å². The molecule has 9 heteroatoms. The number of H-pyrrole nitrogens is 1. The zero-order valence-corrected chi connectivity index (χ0v) is 16.1. The summed E-state index contributed by atoms with van der Waals surface area (Å²) in [6, 6.07) is 10.5. The highest BCUT2D eigenvalue weighted by molar-refractivity contribution is 6.32. The molecule has 3 N–H and O–H groups in total. The molecular formula is C19H19ClN6O2. The zero-order valence-electron chi connectivity index (χ0n) is 15.3. The van der Waals surface area contributed by atoms with Crippen molar-refractivity contribution in [2.45, 2.75) is 26.0 Å². The number of aromatic amines is 1. The first kappa shape index (κ1) is 19.6. The third kappa shape index (κ3) is 4.22. The van der Waals surface area contributed by atoms with Gasteiger partial charge in [-0.25, -0.2) is 0 Å². The number of aliphatic hydroxyl groups excluding tert-OH is 1. The number of aliphatic hydroxyl groups is 1. The number of nitriles is 1. The van der Waals surface area contributed by atoms with Gasteiger partial charge in [-0.1, -0.05) is 17.7 Å². The number of nitrogens with zero attached hydrogens (tertiary/aromatic N) is 4. The first-order valence-corrected chi connectivity index (χ1v) is 9.03. The van der Waals surface area contributed by atoms with Crippen LogP contribution in [0.2, 0.25) is 5.02 Å². The van der Waals surface area contributed by atoms with Gasteiger partial charge in [0.2, 0.25) is 0 Å². The van der Waals surface area contributed by atoms with E-state index in [2.05, 4.69) is 20.6 Å². The van der Waals surface area contributed by atoms with Crippen molar-refractivity contribution in [3.63, 3.8) is 0 Å². The summed E-state index contributed by atoms with van der Waals surface area (Å²) in [7, 11) is 0. The number of hydrogen-bond donors (Lipinski definition) is 3. The Morgan fingerprint density at radius 3 is 2.82 bits per heavy atom. The summed E-state index contributed by atoms with van der Waals surface area (Å²) in [6.45, 7) is 3.87. The summed E-state index contributed by atoms with van der Waals surface area (Å²) in [6.07, 6.45) is 1.08. The summed E-state index contributed by atoms with van der Waals surface area (Å²) in [5, 5.41) is 32.7. The maximum atomic E-state index is 12.2. The molecule has 3 rings (SSSR count). The summed E-state index contributed by atoms with van der Waals surface area (Å²) >= 11 is 6.08. The van der Waals surface area contributed by atoms with Crippen molar-refractivity contribution in [1.29, 1.82) is 5.26 Å². The molecule has 2 heterocycles. The number of rotatable bonds is 6. The smallest absolute Gasteiger partial charge is 0.269 e. The van der Waals surface area contributed by atoms with Crippen LogP contribution in [0.1, 0.15) is 47.7 Å². The van der Waals surface area contributed by atoms with Gasteiger partial charge in [0.05, 0.1) is 34.1 Å². The highest BCUT2D eigenvalue weighted by Gasteiger charge is 2.15. The zero-order chi connectivity index (χ0) is 20.3. The molecule has 1 amide bonds. The number of amides is 1. The fraction of sp³-hybridized carbons (Fsp3) is 0.263. The molecule has 0 spiro atoms. The molecule has 144 valence electrons. The molecule has 0 aliphatic heterocycles. The van der Waals surface area contributed by atoms with Crippen molar-refractivity contribution in [3.8, 4) is 17.3 Å². The minimum atomic E-state index is -0.741. The predicted molar refractivity (Wildman–Crippen MR) is 104 cm³/mol. The van der Waals surface area contributed by atoms with E-state index in [-0.39, 0.29) is 17.6 Å². The standard InChI is InChI=1S/C19H19ClN6O2/c1-11(10-22-19(28)18-8-17(12(2)27)23-24-18)26-6-5-16(25-26)13-3-4-14(9-21)15(20)7-13/h3-8,11-12,27H,10H2,1-2H3,(H,22,28)(H,23,24)/t11?,12-/m1/s1. The van der Waals surface area contributed by atoms with Crippen LogP contribution in [0, 0.1) is 11.3 Å². The molecule has 8 nitrogen and oxygen atoms in total. The minimum absolute atomic E-state index is 0.0919. The average molecular weight is 399 g/mol. The fourth-order valence-corrected chi connectivity index (χ4v) is 2.82. The Morgan fingerprint density at radius 1 is 1.39 bits per heavy atom. The molecule has 1 aromatic carbocycles. The molecular weight excluding hydrogens is 380 g/mol. The van der Waals surface area contributed by atoms with Gasteiger partial charge in [0.15, 0.2) is 0 Å². The van der Waals surface area contributed by atoms with Crippen LogP contribution < -0.4 is 5.32 Å². The third-order valence-corrected chi connectivity index (χ3v) is 4.59. The molecule has 0 aliphatic carbocycles. The second-order valence-electron chi connectivity index (χ2n) is 6.43. The monoisotopic (exact) mass is 398 g/mol. The largest absolute Gasteiger partial charge is 0.387 e. The van der Waals surface area contributed by atoms with Crippen LogP contribution in [0.5, 0.6) is 0 Å². The Hall–Kier alpha value is -3.15. The van der Waals surface area contributed by atoms with Gasteiger partial charge >= 0.3 is 0 Å². The van der Waals surface area contributed by atoms with Crippen molar-refractivity contribution in [2.75, 3.05) is 6.54 Å². The van der Waals surface area contributed by atoms with Crippen molar-refractivity contribution in [3.05, 3.63) is 58.5 Å². The van der Waals surface area contributed by atoms with Crippen LogP contribution in [-0.4, -0.2) is 37.5 Å². The van der Waals surface area contributed by atoms with Gasteiger partial charge in [-0.15, -0.1) is 0 Å². The molecule has 2 atom stereocenters. The number of nitrogens with one attached hydrogen (secondary N) is 2. The third-order valence-electron chi connectivity index (χ3n) is 4.27. The average Bonchev–Trinajstić information content (AvgIpc) is 3.35. The first-order valence-electron chi connectivity index (χ1n) is 8.65. The topological polar surface area (TPSA) is 120 Å². The van der Waals surface area contributed by atoms with Crippen LogP contribution in [0.3, 0.4) is 0 Å². The van der Waals surface area contributed by atoms with Crippen LogP contribution >= 0.6 is 11.6 Å². The van der Waals surface area contributed by atoms with Gasteiger partial charge < -0.3 is 10.4 Å². The Morgan fingerprint density at radius 2 is 2.18 bits per heavy atom. The van der Waals surface area contributed by atoms with E-state index < -0.39 is 6.10 Å². The normalized spacial score (nSPS) is 13.0. The number of hydrogen-bond acceptors (Lipinski definition) is 5. The van der Waals surface area contributed by atoms with Gasteiger partial charge in [0.1, 0.15) is 11.8 Å². The van der Waals surface area contributed by atoms with Crippen molar-refractivity contribution >= 4 is 17.5 Å². The maximum absolute atomic E-state index is 12.2. The van der Waals surface area contributed by atoms with Gasteiger partial charge in [-0.2, -0.15) is 15.5 Å². The van der Waals surface area contributed by atoms with Crippen molar-refractivity contribution < 1.29 is 9.90 Å². The predicted octanol–water partition coefficient (Wildman–Crippen LogP) is 2.84. The molecule has 0 saturated heterocycles. The number of aromatic nitrogens is 4. The quantitative estimate of drug-likeness (QED) is 0.589. The Balaban J connectivity index is 1.64. The highest BCUT2D eigenvalue weighted by atomic mass is 35.5.